The first-order valence-electron chi connectivity index (χ1n) is 29.2. The van der Waals surface area contributed by atoms with Gasteiger partial charge in [0.1, 0.15) is 0 Å². The summed E-state index contributed by atoms with van der Waals surface area (Å²) in [7, 11) is -3.01. The molecule has 3 aromatic heterocycles. The molecule has 2 aliphatic carbocycles. The van der Waals surface area contributed by atoms with Crippen molar-refractivity contribution in [2.45, 2.75) is 137 Å². The summed E-state index contributed by atoms with van der Waals surface area (Å²) in [6.45, 7) is 20.8. The maximum absolute atomic E-state index is 13.3. The summed E-state index contributed by atoms with van der Waals surface area (Å²) in [4.78, 5) is 21.6. The van der Waals surface area contributed by atoms with Crippen molar-refractivity contribution >= 4 is 88.5 Å². The fraction of sp³-hybridized carbons (Fsp3) is 0.500. The Morgan fingerprint density at radius 3 is 1.47 bits per heavy atom. The SMILES string of the molecule is CC(C)(C)c1nnc(C2CCC(NS(=O)(=O)c3ccc(N)c(N)c3)CC2)o1.CN1CCN(c2ccc(N=C=S)cc2)CC1.CN1CCN(c2ccc(Nc3nc4ccc(S(=O)(=O)NC5CCC(c6nnc(C(C)(C)C)o6)CC5)cc4[nH]3)cc2)CC1. The molecule has 22 nitrogen and oxygen atoms in total. The number of sulfonamides is 2. The molecule has 2 saturated carbocycles. The number of rotatable bonds is 13. The lowest BCUT2D eigenvalue weighted by atomic mass is 9.86. The van der Waals surface area contributed by atoms with Gasteiger partial charge in [0.05, 0.1) is 43.0 Å². The van der Waals surface area contributed by atoms with E-state index in [2.05, 4.69) is 125 Å². The molecule has 456 valence electrons. The predicted octanol–water partition coefficient (Wildman–Crippen LogP) is 9.45. The minimum atomic E-state index is -3.69. The fourth-order valence-electron chi connectivity index (χ4n) is 10.6. The Morgan fingerprint density at radius 1 is 0.588 bits per heavy atom. The molecule has 4 fully saturated rings. The molecule has 0 atom stereocenters. The van der Waals surface area contributed by atoms with Gasteiger partial charge in [-0.3, -0.25) is 0 Å². The van der Waals surface area contributed by atoms with Crippen LogP contribution in [0, 0.1) is 0 Å². The highest BCUT2D eigenvalue weighted by atomic mass is 32.2. The number of nitrogens with two attached hydrogens (primary N) is 2. The Morgan fingerprint density at radius 2 is 1.04 bits per heavy atom. The number of isothiocyanates is 1. The fourth-order valence-corrected chi connectivity index (χ4v) is 13.4. The largest absolute Gasteiger partial charge is 0.424 e. The van der Waals surface area contributed by atoms with Crippen molar-refractivity contribution in [1.82, 2.24) is 49.6 Å². The first-order chi connectivity index (χ1) is 40.4. The van der Waals surface area contributed by atoms with Crippen LogP contribution in [0.5, 0.6) is 0 Å². The molecule has 4 aromatic carbocycles. The van der Waals surface area contributed by atoms with Gasteiger partial charge in [0.15, 0.2) is 0 Å². The van der Waals surface area contributed by atoms with Gasteiger partial charge in [-0.1, -0.05) is 41.5 Å². The van der Waals surface area contributed by atoms with Crippen molar-refractivity contribution in [1.29, 1.82) is 0 Å². The third-order valence-electron chi connectivity index (χ3n) is 16.0. The molecule has 0 bridgehead atoms. The van der Waals surface area contributed by atoms with Crippen molar-refractivity contribution in [3.05, 3.63) is 108 Å². The summed E-state index contributed by atoms with van der Waals surface area (Å²) >= 11 is 4.57. The zero-order valence-electron chi connectivity index (χ0n) is 50.0. The zero-order valence-corrected chi connectivity index (χ0v) is 52.5. The summed E-state index contributed by atoms with van der Waals surface area (Å²) in [6.07, 6.45) is 6.03. The minimum Gasteiger partial charge on any atom is -0.424 e. The van der Waals surface area contributed by atoms with Crippen LogP contribution < -0.4 is 36.0 Å². The number of thiocarbonyl (C=S) groups is 1. The number of aliphatic imine (C=N–C) groups is 1. The number of aromatic amines is 1. The Kier molecular flexibility index (Phi) is 19.8. The standard InChI is InChI=1S/C30H40N8O3S.C18H27N5O3S.C12H15N3S/c1-30(2,3)28-35-34-27(41-28)20-5-7-22(8-6-20)36-42(39,40)24-13-14-25-26(19-24)33-29(32-25)31-21-9-11-23(12-10-21)38-17-15-37(4)16-18-38;1-18(2,3)17-22-21-16(26-17)11-4-6-12(7-5-11)23-27(24,25)13-8-9-14(19)15(20)10-13;1-14-6-8-15(9-7-14)12-4-2-11(3-5-12)13-10-16/h9-14,19-20,22,36H,5-8,15-18H2,1-4H3,(H2,31,32,33);8-12,23H,4-7,19-20H2,1-3H3;2-5H,6-9H2,1H3. The van der Waals surface area contributed by atoms with Gasteiger partial charge < -0.3 is 50.2 Å². The van der Waals surface area contributed by atoms with Gasteiger partial charge in [-0.2, -0.15) is 4.99 Å². The molecule has 11 rings (SSSR count). The third-order valence-corrected chi connectivity index (χ3v) is 19.1. The molecule has 4 aliphatic rings. The van der Waals surface area contributed by atoms with Crippen molar-refractivity contribution in [2.24, 2.45) is 4.99 Å². The first-order valence-corrected chi connectivity index (χ1v) is 32.6. The summed E-state index contributed by atoms with van der Waals surface area (Å²) in [5, 5.41) is 22.5. The number of piperazine rings is 2. The van der Waals surface area contributed by atoms with Gasteiger partial charge in [0.2, 0.25) is 49.6 Å². The summed E-state index contributed by atoms with van der Waals surface area (Å²) in [5.74, 6) is 3.45. The van der Waals surface area contributed by atoms with Gasteiger partial charge in [-0.25, -0.2) is 31.3 Å². The van der Waals surface area contributed by atoms with Crippen molar-refractivity contribution in [2.75, 3.05) is 93.0 Å². The number of likely N-dealkylation sites (N-methyl/N-ethyl adjacent to an activating group) is 2. The van der Waals surface area contributed by atoms with E-state index in [4.69, 9.17) is 20.3 Å². The van der Waals surface area contributed by atoms with Gasteiger partial charge in [0.25, 0.3) is 0 Å². The van der Waals surface area contributed by atoms with Crippen LogP contribution in [0.25, 0.3) is 11.0 Å². The van der Waals surface area contributed by atoms with E-state index in [1.165, 1.54) is 29.6 Å². The van der Waals surface area contributed by atoms with Gasteiger partial charge in [-0.05, 0) is 163 Å². The molecule has 2 aliphatic heterocycles. The van der Waals surface area contributed by atoms with Crippen LogP contribution in [0.15, 0.2) is 109 Å². The highest BCUT2D eigenvalue weighted by Crippen LogP contribution is 2.37. The number of hydrogen-bond acceptors (Lipinski definition) is 20. The maximum atomic E-state index is 13.3. The van der Waals surface area contributed by atoms with Crippen LogP contribution in [-0.2, 0) is 30.9 Å². The summed E-state index contributed by atoms with van der Waals surface area (Å²) < 4.78 is 69.2. The lowest BCUT2D eigenvalue weighted by Gasteiger charge is -2.34. The monoisotopic (exact) mass is 1220 g/mol. The molecule has 0 unspecified atom stereocenters. The highest BCUT2D eigenvalue weighted by Gasteiger charge is 2.33. The summed E-state index contributed by atoms with van der Waals surface area (Å²) in [6, 6.07) is 25.5. The number of benzene rings is 4. The molecule has 2 saturated heterocycles. The van der Waals surface area contributed by atoms with E-state index in [9.17, 15) is 16.8 Å². The van der Waals surface area contributed by atoms with E-state index in [-0.39, 0.29) is 50.2 Å². The van der Waals surface area contributed by atoms with E-state index in [0.717, 1.165) is 89.4 Å². The smallest absolute Gasteiger partial charge is 0.240 e. The first kappa shape index (κ1) is 62.7. The normalized spacial score (nSPS) is 20.2. The van der Waals surface area contributed by atoms with Crippen molar-refractivity contribution in [3.8, 4) is 0 Å². The van der Waals surface area contributed by atoms with Gasteiger partial charge in [0, 0.05) is 104 Å². The van der Waals surface area contributed by atoms with Crippen LogP contribution in [0.4, 0.5) is 40.1 Å². The number of nitrogens with zero attached hydrogens (tertiary/aromatic N) is 10. The number of aromatic nitrogens is 6. The number of imidazole rings is 1. The molecule has 8 N–H and O–H groups in total. The topological polar surface area (TPSA) is 288 Å². The Hall–Kier alpha value is -6.83. The molecular weight excluding hydrogens is 1140 g/mol. The second kappa shape index (κ2) is 26.8. The molecule has 25 heteroatoms. The molecule has 0 amide bonds. The quantitative estimate of drug-likeness (QED) is 0.0356. The predicted molar refractivity (Wildman–Crippen MR) is 338 cm³/mol. The molecule has 5 heterocycles. The Bertz CT molecular complexity index is 3620. The second-order valence-electron chi connectivity index (χ2n) is 24.8. The molecule has 0 radical (unpaired) electrons. The van der Waals surface area contributed by atoms with Crippen LogP contribution in [-0.4, -0.2) is 141 Å². The molecule has 85 heavy (non-hydrogen) atoms. The maximum Gasteiger partial charge on any atom is 0.240 e. The van der Waals surface area contributed by atoms with E-state index in [1.807, 2.05) is 65.8 Å². The Balaban J connectivity index is 0.000000171. The van der Waals surface area contributed by atoms with Crippen molar-refractivity contribution in [3.63, 3.8) is 0 Å². The number of hydrogen-bond donors (Lipinski definition) is 6. The zero-order chi connectivity index (χ0) is 60.7. The van der Waals surface area contributed by atoms with Crippen LogP contribution in [0.3, 0.4) is 0 Å². The second-order valence-corrected chi connectivity index (χ2v) is 28.4. The van der Waals surface area contributed by atoms with Crippen molar-refractivity contribution < 1.29 is 25.7 Å². The average Bonchev–Trinajstić information content (AvgIpc) is 4.51. The minimum absolute atomic E-state index is 0.128. The number of nitrogen functional groups attached to an aromatic ring is 2. The van der Waals surface area contributed by atoms with Gasteiger partial charge in [-0.15, -0.1) is 20.4 Å². The highest BCUT2D eigenvalue weighted by molar-refractivity contribution is 7.89. The third kappa shape index (κ3) is 16.6. The number of H-pyrrole nitrogens is 1. The number of anilines is 6. The average molecular weight is 1220 g/mol. The van der Waals surface area contributed by atoms with E-state index in [1.54, 1.807) is 18.2 Å². The van der Waals surface area contributed by atoms with E-state index < -0.39 is 20.0 Å². The molecule has 7 aromatic rings. The van der Waals surface area contributed by atoms with E-state index >= 15 is 0 Å². The number of fused-ring (bicyclic) bond motifs is 1. The van der Waals surface area contributed by atoms with E-state index in [0.29, 0.717) is 71.9 Å². The lowest BCUT2D eigenvalue weighted by molar-refractivity contribution is 0.304. The molecular formula is C60H82N16O6S3. The van der Waals surface area contributed by atoms with Crippen LogP contribution >= 0.6 is 12.2 Å². The molecule has 0 spiro atoms. The van der Waals surface area contributed by atoms with Crippen LogP contribution in [0.2, 0.25) is 0 Å². The van der Waals surface area contributed by atoms with Crippen LogP contribution in [0.1, 0.15) is 128 Å². The Labute approximate surface area is 505 Å². The van der Waals surface area contributed by atoms with Gasteiger partial charge >= 0.3 is 0 Å². The lowest BCUT2D eigenvalue weighted by Crippen LogP contribution is -2.44. The number of nitrogens with one attached hydrogen (secondary N) is 4. The summed E-state index contributed by atoms with van der Waals surface area (Å²) in [5.41, 5.74) is 17.2.